The highest BCUT2D eigenvalue weighted by atomic mass is 16.5. The fraction of sp³-hybridized carbons (Fsp3) is 0.652. The van der Waals surface area contributed by atoms with Crippen molar-refractivity contribution < 1.29 is 14.3 Å². The maximum Gasteiger partial charge on any atom is 0.324 e. The molecule has 6 heteroatoms. The van der Waals surface area contributed by atoms with Crippen LogP contribution in [0.4, 0.5) is 10.5 Å². The minimum atomic E-state index is -0.117. The van der Waals surface area contributed by atoms with Crippen molar-refractivity contribution in [3.8, 4) is 5.75 Å². The second-order valence-electron chi connectivity index (χ2n) is 8.92. The van der Waals surface area contributed by atoms with Crippen LogP contribution in [0.2, 0.25) is 0 Å². The topological polar surface area (TPSA) is 61.9 Å². The van der Waals surface area contributed by atoms with E-state index in [1.54, 1.807) is 4.90 Å². The maximum atomic E-state index is 13.2. The predicted molar refractivity (Wildman–Crippen MR) is 113 cm³/mol. The molecule has 0 spiro atoms. The molecule has 2 heterocycles. The highest BCUT2D eigenvalue weighted by Crippen LogP contribution is 2.33. The van der Waals surface area contributed by atoms with E-state index in [2.05, 4.69) is 19.2 Å². The summed E-state index contributed by atoms with van der Waals surface area (Å²) in [6, 6.07) is 7.91. The molecule has 4 rings (SSSR count). The summed E-state index contributed by atoms with van der Waals surface area (Å²) in [5.74, 6) is 1.92. The largest absolute Gasteiger partial charge is 0.490 e. The van der Waals surface area contributed by atoms with Gasteiger partial charge < -0.3 is 15.0 Å². The number of likely N-dealkylation sites (tertiary alicyclic amines) is 1. The van der Waals surface area contributed by atoms with Gasteiger partial charge in [0.25, 0.3) is 0 Å². The lowest BCUT2D eigenvalue weighted by Crippen LogP contribution is -2.53. The molecule has 1 saturated heterocycles. The summed E-state index contributed by atoms with van der Waals surface area (Å²) in [6.45, 7) is 6.78. The molecular formula is C23H33N3O3. The van der Waals surface area contributed by atoms with Gasteiger partial charge in [0.05, 0.1) is 18.2 Å². The van der Waals surface area contributed by atoms with Crippen molar-refractivity contribution in [2.75, 3.05) is 31.1 Å². The Morgan fingerprint density at radius 2 is 1.90 bits per heavy atom. The molecule has 29 heavy (non-hydrogen) atoms. The third-order valence-electron chi connectivity index (χ3n) is 7.06. The van der Waals surface area contributed by atoms with Gasteiger partial charge >= 0.3 is 6.03 Å². The number of fused-ring (bicyclic) bond motifs is 1. The van der Waals surface area contributed by atoms with E-state index in [1.165, 1.54) is 12.8 Å². The second-order valence-corrected chi connectivity index (χ2v) is 8.92. The first-order valence-electron chi connectivity index (χ1n) is 11.1. The summed E-state index contributed by atoms with van der Waals surface area (Å²) in [5, 5.41) is 3.31. The van der Waals surface area contributed by atoms with Crippen molar-refractivity contribution >= 4 is 17.6 Å². The number of ether oxygens (including phenoxy) is 1. The molecule has 2 aliphatic heterocycles. The molecule has 0 aromatic heterocycles. The zero-order chi connectivity index (χ0) is 20.4. The summed E-state index contributed by atoms with van der Waals surface area (Å²) in [4.78, 5) is 29.9. The minimum Gasteiger partial charge on any atom is -0.490 e. The van der Waals surface area contributed by atoms with Gasteiger partial charge in [-0.1, -0.05) is 38.8 Å². The first-order chi connectivity index (χ1) is 14.0. The van der Waals surface area contributed by atoms with Crippen molar-refractivity contribution in [2.45, 2.75) is 52.0 Å². The van der Waals surface area contributed by atoms with E-state index >= 15 is 0 Å². The average molecular weight is 400 g/mol. The van der Waals surface area contributed by atoms with Gasteiger partial charge in [-0.15, -0.1) is 0 Å². The Morgan fingerprint density at radius 1 is 1.07 bits per heavy atom. The monoisotopic (exact) mass is 399 g/mol. The maximum absolute atomic E-state index is 13.2. The predicted octanol–water partition coefficient (Wildman–Crippen LogP) is 3.66. The zero-order valence-electron chi connectivity index (χ0n) is 17.6. The number of carbonyl (C=O) groups excluding carboxylic acids is 2. The number of hydrogen-bond acceptors (Lipinski definition) is 3. The van der Waals surface area contributed by atoms with E-state index in [1.807, 2.05) is 29.2 Å². The van der Waals surface area contributed by atoms with Gasteiger partial charge in [-0.3, -0.25) is 9.69 Å². The third-order valence-corrected chi connectivity index (χ3v) is 7.06. The van der Waals surface area contributed by atoms with E-state index < -0.39 is 0 Å². The zero-order valence-corrected chi connectivity index (χ0v) is 17.6. The van der Waals surface area contributed by atoms with Crippen LogP contribution in [-0.4, -0.2) is 49.1 Å². The van der Waals surface area contributed by atoms with Crippen molar-refractivity contribution in [1.82, 2.24) is 10.2 Å². The van der Waals surface area contributed by atoms with Gasteiger partial charge in [0.1, 0.15) is 12.4 Å². The van der Waals surface area contributed by atoms with Gasteiger partial charge in [-0.25, -0.2) is 4.79 Å². The lowest BCUT2D eigenvalue weighted by atomic mass is 9.78. The molecule has 1 aliphatic carbocycles. The number of carbonyl (C=O) groups is 2. The minimum absolute atomic E-state index is 0.0158. The van der Waals surface area contributed by atoms with E-state index in [0.717, 1.165) is 30.7 Å². The fourth-order valence-electron chi connectivity index (χ4n) is 4.99. The van der Waals surface area contributed by atoms with Crippen LogP contribution in [0.25, 0.3) is 0 Å². The molecule has 3 aliphatic rings. The number of anilines is 1. The number of nitrogens with zero attached hydrogens (tertiary/aromatic N) is 2. The standard InChI is InChI=1S/C23H33N3O3/c1-16-7-5-9-19(17(16)2)24-22(27)18-8-6-12-25(15-18)23(28)26-13-14-29-21-11-4-3-10-20(21)26/h3-4,10-11,16-19H,5-9,12-15H2,1-2H3,(H,24,27). The van der Waals surface area contributed by atoms with Crippen LogP contribution in [0.1, 0.15) is 46.0 Å². The van der Waals surface area contributed by atoms with Crippen molar-refractivity contribution in [3.05, 3.63) is 24.3 Å². The van der Waals surface area contributed by atoms with E-state index in [-0.39, 0.29) is 23.9 Å². The number of amides is 3. The molecule has 1 aromatic carbocycles. The quantitative estimate of drug-likeness (QED) is 0.826. The molecule has 4 atom stereocenters. The Labute approximate surface area is 173 Å². The van der Waals surface area contributed by atoms with Crippen LogP contribution >= 0.6 is 0 Å². The van der Waals surface area contributed by atoms with Gasteiger partial charge in [0.2, 0.25) is 5.91 Å². The Balaban J connectivity index is 1.39. The van der Waals surface area contributed by atoms with Crippen LogP contribution in [0.3, 0.4) is 0 Å². The van der Waals surface area contributed by atoms with Crippen LogP contribution in [0.5, 0.6) is 5.75 Å². The molecular weight excluding hydrogens is 366 g/mol. The lowest BCUT2D eigenvalue weighted by Gasteiger charge is -2.39. The summed E-state index contributed by atoms with van der Waals surface area (Å²) in [5.41, 5.74) is 0.820. The second kappa shape index (κ2) is 8.64. The summed E-state index contributed by atoms with van der Waals surface area (Å²) < 4.78 is 5.68. The van der Waals surface area contributed by atoms with Gasteiger partial charge in [0, 0.05) is 19.1 Å². The lowest BCUT2D eigenvalue weighted by molar-refractivity contribution is -0.127. The Kier molecular flexibility index (Phi) is 5.97. The number of nitrogens with one attached hydrogen (secondary N) is 1. The first kappa shape index (κ1) is 20.0. The SMILES string of the molecule is CC1CCCC(NC(=O)C2CCCN(C(=O)N3CCOc4ccccc43)C2)C1C. The molecule has 3 amide bonds. The third kappa shape index (κ3) is 4.21. The Morgan fingerprint density at radius 3 is 2.76 bits per heavy atom. The molecule has 1 aromatic rings. The molecule has 1 saturated carbocycles. The summed E-state index contributed by atoms with van der Waals surface area (Å²) in [6.07, 6.45) is 5.22. The van der Waals surface area contributed by atoms with Gasteiger partial charge in [-0.05, 0) is 43.2 Å². The van der Waals surface area contributed by atoms with E-state index in [9.17, 15) is 9.59 Å². The van der Waals surface area contributed by atoms with Crippen LogP contribution in [-0.2, 0) is 4.79 Å². The Hall–Kier alpha value is -2.24. The van der Waals surface area contributed by atoms with E-state index in [0.29, 0.717) is 38.1 Å². The van der Waals surface area contributed by atoms with Crippen LogP contribution < -0.4 is 15.0 Å². The molecule has 4 unspecified atom stereocenters. The molecule has 6 nitrogen and oxygen atoms in total. The van der Waals surface area contributed by atoms with Crippen molar-refractivity contribution in [3.63, 3.8) is 0 Å². The summed E-state index contributed by atoms with van der Waals surface area (Å²) in [7, 11) is 0. The smallest absolute Gasteiger partial charge is 0.324 e. The Bertz CT molecular complexity index is 753. The number of rotatable bonds is 2. The number of para-hydroxylation sites is 2. The highest BCUT2D eigenvalue weighted by molar-refractivity contribution is 5.94. The number of benzene rings is 1. The van der Waals surface area contributed by atoms with Crippen molar-refractivity contribution in [1.29, 1.82) is 0 Å². The van der Waals surface area contributed by atoms with Crippen LogP contribution in [0, 0.1) is 17.8 Å². The normalized spacial score (nSPS) is 29.6. The van der Waals surface area contributed by atoms with E-state index in [4.69, 9.17) is 4.74 Å². The van der Waals surface area contributed by atoms with Gasteiger partial charge in [0.15, 0.2) is 0 Å². The number of urea groups is 1. The fourth-order valence-corrected chi connectivity index (χ4v) is 4.99. The molecule has 0 bridgehead atoms. The number of piperidine rings is 1. The first-order valence-corrected chi connectivity index (χ1v) is 11.1. The number of hydrogen-bond donors (Lipinski definition) is 1. The molecule has 158 valence electrons. The van der Waals surface area contributed by atoms with Crippen LogP contribution in [0.15, 0.2) is 24.3 Å². The average Bonchev–Trinajstić information content (AvgIpc) is 2.76. The molecule has 2 fully saturated rings. The molecule has 1 N–H and O–H groups in total. The summed E-state index contributed by atoms with van der Waals surface area (Å²) >= 11 is 0. The highest BCUT2D eigenvalue weighted by Gasteiger charge is 2.35. The van der Waals surface area contributed by atoms with Crippen molar-refractivity contribution in [2.24, 2.45) is 17.8 Å². The van der Waals surface area contributed by atoms with Gasteiger partial charge in [-0.2, -0.15) is 0 Å². The molecule has 0 radical (unpaired) electrons.